The second-order valence-electron chi connectivity index (χ2n) is 3.41. The van der Waals surface area contributed by atoms with E-state index in [0.717, 1.165) is 24.4 Å². The Morgan fingerprint density at radius 2 is 2.27 bits per heavy atom. The lowest BCUT2D eigenvalue weighted by Crippen LogP contribution is -2.10. The fraction of sp³-hybridized carbons (Fsp3) is 0.364. The molecule has 4 heteroatoms. The van der Waals surface area contributed by atoms with Crippen molar-refractivity contribution >= 4 is 0 Å². The Bertz CT molecular complexity index is 431. The summed E-state index contributed by atoms with van der Waals surface area (Å²) >= 11 is 0. The minimum atomic E-state index is 0.550. The number of aryl methyl sites for hydroxylation is 1. The molecule has 1 N–H and O–H groups in total. The van der Waals surface area contributed by atoms with Crippen LogP contribution in [0.1, 0.15) is 11.5 Å². The van der Waals surface area contributed by atoms with Gasteiger partial charge in [0.2, 0.25) is 0 Å². The second-order valence-corrected chi connectivity index (χ2v) is 3.41. The van der Waals surface area contributed by atoms with Gasteiger partial charge in [-0.25, -0.2) is 4.98 Å². The van der Waals surface area contributed by atoms with E-state index in [1.807, 2.05) is 26.1 Å². The summed E-state index contributed by atoms with van der Waals surface area (Å²) in [7, 11) is 1.91. The highest BCUT2D eigenvalue weighted by molar-refractivity contribution is 5.44. The van der Waals surface area contributed by atoms with E-state index in [1.165, 1.54) is 0 Å². The highest BCUT2D eigenvalue weighted by atomic mass is 16.4. The van der Waals surface area contributed by atoms with Crippen LogP contribution in [0.25, 0.3) is 11.7 Å². The third-order valence-corrected chi connectivity index (χ3v) is 2.13. The van der Waals surface area contributed by atoms with Crippen molar-refractivity contribution in [1.82, 2.24) is 10.3 Å². The number of aromatic nitrogens is 1. The predicted octanol–water partition coefficient (Wildman–Crippen LogP) is 2.00. The summed E-state index contributed by atoms with van der Waals surface area (Å²) in [5, 5.41) is 3.06. The van der Waals surface area contributed by atoms with Crippen LogP contribution in [-0.4, -0.2) is 18.6 Å². The molecule has 0 atom stereocenters. The van der Waals surface area contributed by atoms with Gasteiger partial charge in [-0.15, -0.1) is 0 Å². The lowest BCUT2D eigenvalue weighted by molar-refractivity contribution is 0.501. The Kier molecular flexibility index (Phi) is 2.87. The lowest BCUT2D eigenvalue weighted by Gasteiger charge is -1.92. The third-order valence-electron chi connectivity index (χ3n) is 2.13. The van der Waals surface area contributed by atoms with E-state index >= 15 is 0 Å². The van der Waals surface area contributed by atoms with Crippen molar-refractivity contribution in [3.8, 4) is 11.7 Å². The Hall–Kier alpha value is -1.55. The second kappa shape index (κ2) is 4.31. The average molecular weight is 206 g/mol. The van der Waals surface area contributed by atoms with Gasteiger partial charge in [0, 0.05) is 13.0 Å². The molecule has 0 aliphatic rings. The van der Waals surface area contributed by atoms with Gasteiger partial charge >= 0.3 is 0 Å². The fourth-order valence-corrected chi connectivity index (χ4v) is 1.34. The van der Waals surface area contributed by atoms with E-state index in [1.54, 1.807) is 6.26 Å². The molecule has 0 aromatic carbocycles. The molecular weight excluding hydrogens is 192 g/mol. The summed E-state index contributed by atoms with van der Waals surface area (Å²) in [5.74, 6) is 2.09. The summed E-state index contributed by atoms with van der Waals surface area (Å²) in [6.45, 7) is 2.79. The van der Waals surface area contributed by atoms with Gasteiger partial charge in [0.05, 0.1) is 5.69 Å². The molecule has 80 valence electrons. The zero-order chi connectivity index (χ0) is 10.7. The summed E-state index contributed by atoms with van der Waals surface area (Å²) in [5.41, 5.74) is 0.938. The first kappa shape index (κ1) is 9.98. The number of nitrogens with zero attached hydrogens (tertiary/aromatic N) is 1. The topological polar surface area (TPSA) is 51.2 Å². The van der Waals surface area contributed by atoms with Gasteiger partial charge in [-0.05, 0) is 26.1 Å². The van der Waals surface area contributed by atoms with Crippen LogP contribution < -0.4 is 5.32 Å². The quantitative estimate of drug-likeness (QED) is 0.831. The first-order valence-electron chi connectivity index (χ1n) is 4.95. The van der Waals surface area contributed by atoms with Gasteiger partial charge in [0.1, 0.15) is 12.0 Å². The Balaban J connectivity index is 2.13. The van der Waals surface area contributed by atoms with E-state index in [9.17, 15) is 0 Å². The number of likely N-dealkylation sites (N-methyl/N-ethyl adjacent to an activating group) is 1. The maximum atomic E-state index is 5.42. The van der Waals surface area contributed by atoms with E-state index in [2.05, 4.69) is 10.3 Å². The van der Waals surface area contributed by atoms with Crippen molar-refractivity contribution in [2.45, 2.75) is 13.3 Å². The molecule has 0 saturated carbocycles. The Morgan fingerprint density at radius 3 is 2.93 bits per heavy atom. The van der Waals surface area contributed by atoms with Gasteiger partial charge < -0.3 is 14.2 Å². The van der Waals surface area contributed by atoms with E-state index in [0.29, 0.717) is 11.7 Å². The van der Waals surface area contributed by atoms with Crippen LogP contribution in [0.3, 0.4) is 0 Å². The Labute approximate surface area is 88.3 Å². The van der Waals surface area contributed by atoms with Crippen LogP contribution in [0.5, 0.6) is 0 Å². The molecule has 0 unspecified atom stereocenters. The van der Waals surface area contributed by atoms with E-state index in [-0.39, 0.29) is 0 Å². The molecule has 0 saturated heterocycles. The fourth-order valence-electron chi connectivity index (χ4n) is 1.34. The number of rotatable bonds is 4. The van der Waals surface area contributed by atoms with Crippen molar-refractivity contribution in [3.63, 3.8) is 0 Å². The van der Waals surface area contributed by atoms with E-state index < -0.39 is 0 Å². The SMILES string of the molecule is CNCCc1coc(-c2ccc(C)o2)n1. The molecule has 0 radical (unpaired) electrons. The van der Waals surface area contributed by atoms with Gasteiger partial charge in [-0.1, -0.05) is 0 Å². The smallest absolute Gasteiger partial charge is 0.262 e. The number of furan rings is 1. The number of hydrogen-bond acceptors (Lipinski definition) is 4. The third kappa shape index (κ3) is 2.27. The summed E-state index contributed by atoms with van der Waals surface area (Å²) in [4.78, 5) is 4.33. The lowest BCUT2D eigenvalue weighted by atomic mass is 10.3. The van der Waals surface area contributed by atoms with Gasteiger partial charge in [-0.2, -0.15) is 0 Å². The molecule has 2 heterocycles. The minimum absolute atomic E-state index is 0.550. The monoisotopic (exact) mass is 206 g/mol. The zero-order valence-corrected chi connectivity index (χ0v) is 8.91. The first-order chi connectivity index (χ1) is 7.29. The average Bonchev–Trinajstić information content (AvgIpc) is 2.83. The van der Waals surface area contributed by atoms with Crippen molar-refractivity contribution in [2.24, 2.45) is 0 Å². The van der Waals surface area contributed by atoms with Crippen LogP contribution in [0.15, 0.2) is 27.2 Å². The van der Waals surface area contributed by atoms with Crippen LogP contribution in [0.2, 0.25) is 0 Å². The molecule has 2 rings (SSSR count). The summed E-state index contributed by atoms with van der Waals surface area (Å²) < 4.78 is 10.7. The molecule has 0 aliphatic heterocycles. The molecule has 0 spiro atoms. The maximum absolute atomic E-state index is 5.42. The zero-order valence-electron chi connectivity index (χ0n) is 8.91. The van der Waals surface area contributed by atoms with Crippen molar-refractivity contribution in [3.05, 3.63) is 29.9 Å². The minimum Gasteiger partial charge on any atom is -0.456 e. The van der Waals surface area contributed by atoms with Gasteiger partial charge in [0.15, 0.2) is 5.76 Å². The molecule has 4 nitrogen and oxygen atoms in total. The number of oxazole rings is 1. The largest absolute Gasteiger partial charge is 0.456 e. The molecule has 0 bridgehead atoms. The highest BCUT2D eigenvalue weighted by Gasteiger charge is 2.09. The van der Waals surface area contributed by atoms with Crippen molar-refractivity contribution in [1.29, 1.82) is 0 Å². The van der Waals surface area contributed by atoms with Crippen LogP contribution in [-0.2, 0) is 6.42 Å². The molecule has 15 heavy (non-hydrogen) atoms. The number of nitrogens with one attached hydrogen (secondary N) is 1. The molecular formula is C11H14N2O2. The maximum Gasteiger partial charge on any atom is 0.262 e. The summed E-state index contributed by atoms with van der Waals surface area (Å²) in [6, 6.07) is 3.76. The summed E-state index contributed by atoms with van der Waals surface area (Å²) in [6.07, 6.45) is 2.53. The van der Waals surface area contributed by atoms with Gasteiger partial charge in [-0.3, -0.25) is 0 Å². The Morgan fingerprint density at radius 1 is 1.40 bits per heavy atom. The number of hydrogen-bond donors (Lipinski definition) is 1. The van der Waals surface area contributed by atoms with Crippen LogP contribution >= 0.6 is 0 Å². The molecule has 2 aromatic heterocycles. The van der Waals surface area contributed by atoms with Crippen molar-refractivity contribution in [2.75, 3.05) is 13.6 Å². The molecule has 0 amide bonds. The van der Waals surface area contributed by atoms with Crippen molar-refractivity contribution < 1.29 is 8.83 Å². The highest BCUT2D eigenvalue weighted by Crippen LogP contribution is 2.20. The standard InChI is InChI=1S/C11H14N2O2/c1-8-3-4-10(15-8)11-13-9(7-14-11)5-6-12-2/h3-4,7,12H,5-6H2,1-2H3. The van der Waals surface area contributed by atoms with E-state index in [4.69, 9.17) is 8.83 Å². The molecule has 2 aromatic rings. The normalized spacial score (nSPS) is 10.8. The molecule has 0 fully saturated rings. The van der Waals surface area contributed by atoms with Crippen LogP contribution in [0.4, 0.5) is 0 Å². The molecule has 0 aliphatic carbocycles. The first-order valence-corrected chi connectivity index (χ1v) is 4.95. The predicted molar refractivity (Wildman–Crippen MR) is 56.6 cm³/mol. The van der Waals surface area contributed by atoms with Crippen LogP contribution in [0, 0.1) is 6.92 Å². The van der Waals surface area contributed by atoms with Gasteiger partial charge in [0.25, 0.3) is 5.89 Å².